The van der Waals surface area contributed by atoms with E-state index in [0.29, 0.717) is 5.71 Å². The lowest BCUT2D eigenvalue weighted by Crippen LogP contribution is -2.37. The lowest BCUT2D eigenvalue weighted by atomic mass is 10.1. The Morgan fingerprint density at radius 2 is 2.17 bits per heavy atom. The number of aromatic nitrogens is 1. The van der Waals surface area contributed by atoms with Crippen LogP contribution in [0.4, 0.5) is 5.82 Å². The van der Waals surface area contributed by atoms with Crippen LogP contribution in [0.15, 0.2) is 34.7 Å². The highest BCUT2D eigenvalue weighted by atomic mass is 16.5. The van der Waals surface area contributed by atoms with E-state index >= 15 is 0 Å². The average molecular weight is 310 g/mol. The fourth-order valence-electron chi connectivity index (χ4n) is 3.43. The van der Waals surface area contributed by atoms with Crippen LogP contribution in [0, 0.1) is 6.92 Å². The summed E-state index contributed by atoms with van der Waals surface area (Å²) in [4.78, 5) is 18.7. The highest BCUT2D eigenvalue weighted by Crippen LogP contribution is 2.33. The maximum Gasteiger partial charge on any atom is 0.328 e. The number of methoxy groups -OCH3 is 1. The predicted octanol–water partition coefficient (Wildman–Crippen LogP) is 3.43. The Kier molecular flexibility index (Phi) is 3.22. The lowest BCUT2D eigenvalue weighted by molar-refractivity contribution is -0.141. The number of benzene rings is 1. The van der Waals surface area contributed by atoms with Crippen molar-refractivity contribution in [1.29, 1.82) is 0 Å². The zero-order chi connectivity index (χ0) is 16.0. The third-order valence-electron chi connectivity index (χ3n) is 4.53. The van der Waals surface area contributed by atoms with Crippen molar-refractivity contribution in [3.05, 3.63) is 35.9 Å². The van der Waals surface area contributed by atoms with E-state index in [4.69, 9.17) is 14.1 Å². The van der Waals surface area contributed by atoms with Crippen LogP contribution in [-0.2, 0) is 9.53 Å². The normalized spacial score (nSPS) is 18.0. The minimum atomic E-state index is -0.256. The van der Waals surface area contributed by atoms with Gasteiger partial charge in [0.15, 0.2) is 0 Å². The Bertz CT molecular complexity index is 900. The number of para-hydroxylation sites is 1. The molecule has 1 aliphatic heterocycles. The molecule has 5 heteroatoms. The first-order chi connectivity index (χ1) is 11.2. The van der Waals surface area contributed by atoms with E-state index in [1.165, 1.54) is 7.11 Å². The molecule has 0 spiro atoms. The highest BCUT2D eigenvalue weighted by molar-refractivity contribution is 6.04. The number of esters is 1. The van der Waals surface area contributed by atoms with Crippen molar-refractivity contribution in [3.8, 4) is 0 Å². The van der Waals surface area contributed by atoms with Gasteiger partial charge in [-0.2, -0.15) is 4.98 Å². The van der Waals surface area contributed by atoms with Crippen LogP contribution >= 0.6 is 0 Å². The Balaban J connectivity index is 1.85. The van der Waals surface area contributed by atoms with Gasteiger partial charge in [0.2, 0.25) is 5.71 Å². The molecule has 1 aliphatic rings. The molecule has 0 bridgehead atoms. The summed E-state index contributed by atoms with van der Waals surface area (Å²) < 4.78 is 10.8. The Hall–Kier alpha value is -2.56. The molecule has 2 aromatic heterocycles. The number of rotatable bonds is 2. The second-order valence-electron chi connectivity index (χ2n) is 5.95. The molecule has 3 aromatic rings. The molecule has 23 heavy (non-hydrogen) atoms. The number of fused-ring (bicyclic) bond motifs is 3. The van der Waals surface area contributed by atoms with Gasteiger partial charge in [-0.15, -0.1) is 0 Å². The summed E-state index contributed by atoms with van der Waals surface area (Å²) in [6, 6.07) is 9.76. The molecule has 0 aliphatic carbocycles. The smallest absolute Gasteiger partial charge is 0.328 e. The highest BCUT2D eigenvalue weighted by Gasteiger charge is 2.33. The van der Waals surface area contributed by atoms with Crippen molar-refractivity contribution in [1.82, 2.24) is 4.98 Å². The molecule has 1 saturated heterocycles. The first kappa shape index (κ1) is 14.1. The van der Waals surface area contributed by atoms with E-state index in [-0.39, 0.29) is 12.0 Å². The number of furan rings is 1. The van der Waals surface area contributed by atoms with Crippen LogP contribution in [-0.4, -0.2) is 30.6 Å². The number of carbonyl (C=O) groups is 1. The van der Waals surface area contributed by atoms with E-state index in [1.54, 1.807) is 0 Å². The molecule has 0 amide bonds. The fourth-order valence-corrected chi connectivity index (χ4v) is 3.43. The zero-order valence-corrected chi connectivity index (χ0v) is 13.2. The number of ether oxygens (including phenoxy) is 1. The SMILES string of the molecule is COC(=O)[C@@H]1CCCN1c1nc2oc3ccccc3c2cc1C. The molecular formula is C18H18N2O3. The van der Waals surface area contributed by atoms with Gasteiger partial charge >= 0.3 is 5.97 Å². The number of hydrogen-bond acceptors (Lipinski definition) is 5. The maximum absolute atomic E-state index is 12.0. The topological polar surface area (TPSA) is 55.6 Å². The summed E-state index contributed by atoms with van der Waals surface area (Å²) in [7, 11) is 1.43. The molecule has 118 valence electrons. The van der Waals surface area contributed by atoms with E-state index in [2.05, 4.69) is 6.07 Å². The van der Waals surface area contributed by atoms with Gasteiger partial charge in [0.1, 0.15) is 17.4 Å². The minimum Gasteiger partial charge on any atom is -0.467 e. The summed E-state index contributed by atoms with van der Waals surface area (Å²) >= 11 is 0. The fraction of sp³-hybridized carbons (Fsp3) is 0.333. The molecule has 3 heterocycles. The van der Waals surface area contributed by atoms with Gasteiger partial charge in [-0.1, -0.05) is 18.2 Å². The van der Waals surface area contributed by atoms with Crippen molar-refractivity contribution in [2.45, 2.75) is 25.8 Å². The Morgan fingerprint density at radius 3 is 3.00 bits per heavy atom. The van der Waals surface area contributed by atoms with Crippen molar-refractivity contribution >= 4 is 33.9 Å². The molecule has 5 nitrogen and oxygen atoms in total. The van der Waals surface area contributed by atoms with E-state index in [0.717, 1.165) is 47.1 Å². The van der Waals surface area contributed by atoms with Crippen molar-refractivity contribution < 1.29 is 13.9 Å². The van der Waals surface area contributed by atoms with E-state index < -0.39 is 0 Å². The second kappa shape index (κ2) is 5.26. The standard InChI is InChI=1S/C18H18N2O3/c1-11-10-13-12-6-3-4-8-15(12)23-17(13)19-16(11)20-9-5-7-14(20)18(21)22-2/h3-4,6,8,10,14H,5,7,9H2,1-2H3/t14-/m0/s1. The van der Waals surface area contributed by atoms with E-state index in [9.17, 15) is 4.79 Å². The van der Waals surface area contributed by atoms with E-state index in [1.807, 2.05) is 36.1 Å². The summed E-state index contributed by atoms with van der Waals surface area (Å²) in [6.45, 7) is 2.83. The number of carbonyl (C=O) groups excluding carboxylic acids is 1. The monoisotopic (exact) mass is 310 g/mol. The molecule has 0 radical (unpaired) electrons. The van der Waals surface area contributed by atoms with Crippen LogP contribution in [0.5, 0.6) is 0 Å². The molecule has 4 rings (SSSR count). The predicted molar refractivity (Wildman–Crippen MR) is 88.6 cm³/mol. The summed E-state index contributed by atoms with van der Waals surface area (Å²) in [5.74, 6) is 0.609. The van der Waals surface area contributed by atoms with Crippen LogP contribution in [0.25, 0.3) is 22.1 Å². The van der Waals surface area contributed by atoms with Gasteiger partial charge in [-0.25, -0.2) is 4.79 Å². The summed E-state index contributed by atoms with van der Waals surface area (Å²) in [5.41, 5.74) is 2.49. The van der Waals surface area contributed by atoms with Crippen molar-refractivity contribution in [3.63, 3.8) is 0 Å². The molecule has 0 N–H and O–H groups in total. The molecule has 1 aromatic carbocycles. The number of anilines is 1. The third kappa shape index (κ3) is 2.15. The average Bonchev–Trinajstić information content (AvgIpc) is 3.17. The summed E-state index contributed by atoms with van der Waals surface area (Å²) in [6.07, 6.45) is 1.75. The summed E-state index contributed by atoms with van der Waals surface area (Å²) in [5, 5.41) is 2.08. The first-order valence-corrected chi connectivity index (χ1v) is 7.82. The van der Waals surface area contributed by atoms with Crippen molar-refractivity contribution in [2.24, 2.45) is 0 Å². The molecule has 1 atom stereocenters. The van der Waals surface area contributed by atoms with Gasteiger partial charge in [0.05, 0.1) is 7.11 Å². The van der Waals surface area contributed by atoms with Crippen LogP contribution < -0.4 is 4.90 Å². The van der Waals surface area contributed by atoms with Gasteiger partial charge in [-0.05, 0) is 37.5 Å². The van der Waals surface area contributed by atoms with Crippen LogP contribution in [0.1, 0.15) is 18.4 Å². The van der Waals surface area contributed by atoms with Crippen LogP contribution in [0.3, 0.4) is 0 Å². The minimum absolute atomic E-state index is 0.201. The van der Waals surface area contributed by atoms with Gasteiger partial charge < -0.3 is 14.1 Å². The number of hydrogen-bond donors (Lipinski definition) is 0. The molecule has 1 fully saturated rings. The van der Waals surface area contributed by atoms with Crippen LogP contribution in [0.2, 0.25) is 0 Å². The Morgan fingerprint density at radius 1 is 1.35 bits per heavy atom. The van der Waals surface area contributed by atoms with Gasteiger partial charge in [0.25, 0.3) is 0 Å². The van der Waals surface area contributed by atoms with Gasteiger partial charge in [-0.3, -0.25) is 0 Å². The van der Waals surface area contributed by atoms with Gasteiger partial charge in [0, 0.05) is 17.3 Å². The second-order valence-corrected chi connectivity index (χ2v) is 5.95. The maximum atomic E-state index is 12.0. The first-order valence-electron chi connectivity index (χ1n) is 7.82. The Labute approximate surface area is 133 Å². The number of pyridine rings is 1. The lowest BCUT2D eigenvalue weighted by Gasteiger charge is -2.25. The molecule has 0 saturated carbocycles. The largest absolute Gasteiger partial charge is 0.467 e. The molecule has 0 unspecified atom stereocenters. The third-order valence-corrected chi connectivity index (χ3v) is 4.53. The quantitative estimate of drug-likeness (QED) is 0.679. The van der Waals surface area contributed by atoms with Crippen molar-refractivity contribution in [2.75, 3.05) is 18.6 Å². The number of aryl methyl sites for hydroxylation is 1. The number of nitrogens with zero attached hydrogens (tertiary/aromatic N) is 2. The zero-order valence-electron chi connectivity index (χ0n) is 13.2. The molecular weight excluding hydrogens is 292 g/mol.